The molecule has 1 unspecified atom stereocenters. The maximum atomic E-state index is 14.2. The van der Waals surface area contributed by atoms with E-state index >= 15 is 0 Å². The van der Waals surface area contributed by atoms with E-state index in [4.69, 9.17) is 26.4 Å². The molecule has 0 fully saturated rings. The average molecular weight is 445 g/mol. The minimum atomic E-state index is -0.552. The molecule has 31 heavy (non-hydrogen) atoms. The molecule has 0 radical (unpaired) electrons. The van der Waals surface area contributed by atoms with Crippen molar-refractivity contribution in [2.75, 3.05) is 32.3 Å². The first kappa shape index (κ1) is 22.7. The number of rotatable bonds is 7. The number of esters is 1. The highest BCUT2D eigenvalue weighted by atomic mass is 32.1. The van der Waals surface area contributed by atoms with Crippen LogP contribution in [0.2, 0.25) is 0 Å². The van der Waals surface area contributed by atoms with Gasteiger partial charge >= 0.3 is 5.97 Å². The van der Waals surface area contributed by atoms with Crippen molar-refractivity contribution in [1.82, 2.24) is 5.32 Å². The number of hydrogen-bond acceptors (Lipinski definition) is 5. The highest BCUT2D eigenvalue weighted by molar-refractivity contribution is 7.80. The Morgan fingerprint density at radius 1 is 1.16 bits per heavy atom. The van der Waals surface area contributed by atoms with Gasteiger partial charge in [0, 0.05) is 12.8 Å². The molecule has 2 aromatic carbocycles. The summed E-state index contributed by atoms with van der Waals surface area (Å²) in [5.74, 6) is -0.208. The van der Waals surface area contributed by atoms with Crippen LogP contribution in [0.1, 0.15) is 24.1 Å². The van der Waals surface area contributed by atoms with Crippen LogP contribution in [0.5, 0.6) is 5.75 Å². The fourth-order valence-corrected chi connectivity index (χ4v) is 3.77. The second-order valence-electron chi connectivity index (χ2n) is 7.06. The summed E-state index contributed by atoms with van der Waals surface area (Å²) in [6, 6.07) is 11.6. The minimum Gasteiger partial charge on any atom is -0.497 e. The van der Waals surface area contributed by atoms with Crippen molar-refractivity contribution in [2.45, 2.75) is 19.9 Å². The van der Waals surface area contributed by atoms with Crippen LogP contribution in [0.25, 0.3) is 0 Å². The summed E-state index contributed by atoms with van der Waals surface area (Å²) >= 11 is 5.60. The summed E-state index contributed by atoms with van der Waals surface area (Å²) in [6.45, 7) is 3.85. The number of thiocarbonyl (C=S) groups is 1. The van der Waals surface area contributed by atoms with E-state index in [0.29, 0.717) is 33.4 Å². The summed E-state index contributed by atoms with van der Waals surface area (Å²) < 4.78 is 30.0. The van der Waals surface area contributed by atoms with E-state index in [9.17, 15) is 9.18 Å². The van der Waals surface area contributed by atoms with Gasteiger partial charge in [-0.05, 0) is 61.5 Å². The lowest BCUT2D eigenvalue weighted by molar-refractivity contribution is -0.140. The van der Waals surface area contributed by atoms with Gasteiger partial charge in [-0.25, -0.2) is 9.18 Å². The van der Waals surface area contributed by atoms with E-state index in [1.807, 2.05) is 24.3 Å². The van der Waals surface area contributed by atoms with Gasteiger partial charge in [0.2, 0.25) is 0 Å². The standard InChI is InChI=1S/C23H25FN2O4S/c1-14-8-9-17(13-19(14)24)26-15(2)20(22(27)30-11-10-28-3)21(25-23(26)31)16-6-5-7-18(12-16)29-4/h5-9,12-13,21H,10-11H2,1-4H3,(H,25,31). The molecule has 1 atom stereocenters. The highest BCUT2D eigenvalue weighted by Crippen LogP contribution is 2.35. The first-order valence-electron chi connectivity index (χ1n) is 9.75. The minimum absolute atomic E-state index is 0.112. The second-order valence-corrected chi connectivity index (χ2v) is 7.44. The van der Waals surface area contributed by atoms with Gasteiger partial charge in [0.25, 0.3) is 0 Å². The van der Waals surface area contributed by atoms with E-state index in [1.165, 1.54) is 13.2 Å². The van der Waals surface area contributed by atoms with E-state index < -0.39 is 12.0 Å². The van der Waals surface area contributed by atoms with Crippen molar-refractivity contribution in [1.29, 1.82) is 0 Å². The fourth-order valence-electron chi connectivity index (χ4n) is 3.41. The Bertz CT molecular complexity index is 1020. The van der Waals surface area contributed by atoms with Crippen LogP contribution in [0.3, 0.4) is 0 Å². The molecule has 0 aromatic heterocycles. The van der Waals surface area contributed by atoms with Crippen LogP contribution in [0, 0.1) is 12.7 Å². The Morgan fingerprint density at radius 3 is 2.61 bits per heavy atom. The fraction of sp³-hybridized carbons (Fsp3) is 0.304. The van der Waals surface area contributed by atoms with Gasteiger partial charge in [-0.1, -0.05) is 18.2 Å². The molecular formula is C23H25FN2O4S. The first-order chi connectivity index (χ1) is 14.9. The molecule has 1 N–H and O–H groups in total. The molecule has 1 aliphatic rings. The third kappa shape index (κ3) is 4.86. The molecule has 6 nitrogen and oxygen atoms in total. The van der Waals surface area contributed by atoms with E-state index in [-0.39, 0.29) is 19.0 Å². The zero-order valence-electron chi connectivity index (χ0n) is 17.9. The van der Waals surface area contributed by atoms with Crippen molar-refractivity contribution in [3.63, 3.8) is 0 Å². The molecule has 3 rings (SSSR count). The molecule has 2 aromatic rings. The summed E-state index contributed by atoms with van der Waals surface area (Å²) in [5.41, 5.74) is 2.76. The molecule has 0 bridgehead atoms. The van der Waals surface area contributed by atoms with Crippen LogP contribution >= 0.6 is 12.2 Å². The van der Waals surface area contributed by atoms with Crippen LogP contribution in [0.15, 0.2) is 53.7 Å². The maximum Gasteiger partial charge on any atom is 0.338 e. The topological polar surface area (TPSA) is 60.0 Å². The van der Waals surface area contributed by atoms with Gasteiger partial charge in [0.15, 0.2) is 5.11 Å². The molecule has 0 aliphatic carbocycles. The number of carbonyl (C=O) groups is 1. The molecule has 1 aliphatic heterocycles. The van der Waals surface area contributed by atoms with Crippen LogP contribution in [0.4, 0.5) is 10.1 Å². The summed E-state index contributed by atoms with van der Waals surface area (Å²) in [7, 11) is 3.11. The zero-order valence-corrected chi connectivity index (χ0v) is 18.7. The number of nitrogens with zero attached hydrogens (tertiary/aromatic N) is 1. The average Bonchev–Trinajstić information content (AvgIpc) is 2.76. The third-order valence-electron chi connectivity index (χ3n) is 5.07. The lowest BCUT2D eigenvalue weighted by atomic mass is 9.94. The van der Waals surface area contributed by atoms with Crippen molar-refractivity contribution < 1.29 is 23.4 Å². The normalized spacial score (nSPS) is 16.2. The Balaban J connectivity index is 2.09. The molecule has 8 heteroatoms. The lowest BCUT2D eigenvalue weighted by Gasteiger charge is -2.37. The van der Waals surface area contributed by atoms with E-state index in [0.717, 1.165) is 5.56 Å². The number of ether oxygens (including phenoxy) is 3. The van der Waals surface area contributed by atoms with Crippen molar-refractivity contribution in [3.05, 3.63) is 70.7 Å². The SMILES string of the molecule is COCCOC(=O)C1=C(C)N(c2ccc(C)c(F)c2)C(=S)NC1c1cccc(OC)c1. The Labute approximate surface area is 186 Å². The highest BCUT2D eigenvalue weighted by Gasteiger charge is 2.35. The largest absolute Gasteiger partial charge is 0.497 e. The molecule has 164 valence electrons. The number of carbonyl (C=O) groups excluding carboxylic acids is 1. The smallest absolute Gasteiger partial charge is 0.338 e. The Kier molecular flexibility index (Phi) is 7.25. The van der Waals surface area contributed by atoms with Gasteiger partial charge in [-0.3, -0.25) is 4.90 Å². The molecular weight excluding hydrogens is 419 g/mol. The van der Waals surface area contributed by atoms with Crippen LogP contribution < -0.4 is 15.0 Å². The molecule has 1 heterocycles. The van der Waals surface area contributed by atoms with Gasteiger partial charge < -0.3 is 19.5 Å². The van der Waals surface area contributed by atoms with E-state index in [1.54, 1.807) is 38.0 Å². The van der Waals surface area contributed by atoms with Crippen molar-refractivity contribution in [3.8, 4) is 5.75 Å². The second kappa shape index (κ2) is 9.89. The number of methoxy groups -OCH3 is 2. The molecule has 0 spiro atoms. The quantitative estimate of drug-likeness (QED) is 0.393. The number of aryl methyl sites for hydroxylation is 1. The van der Waals surface area contributed by atoms with Crippen LogP contribution in [-0.2, 0) is 14.3 Å². The Hall–Kier alpha value is -2.97. The van der Waals surface area contributed by atoms with Crippen LogP contribution in [-0.4, -0.2) is 38.5 Å². The molecule has 0 amide bonds. The lowest BCUT2D eigenvalue weighted by Crippen LogP contribution is -2.48. The predicted octanol–water partition coefficient (Wildman–Crippen LogP) is 4.04. The van der Waals surface area contributed by atoms with Gasteiger partial charge in [-0.15, -0.1) is 0 Å². The van der Waals surface area contributed by atoms with Gasteiger partial charge in [0.05, 0.1) is 31.0 Å². The van der Waals surface area contributed by atoms with Gasteiger partial charge in [0.1, 0.15) is 18.2 Å². The maximum absolute atomic E-state index is 14.2. The van der Waals surface area contributed by atoms with E-state index in [2.05, 4.69) is 5.32 Å². The molecule has 0 saturated carbocycles. The van der Waals surface area contributed by atoms with Crippen molar-refractivity contribution in [2.24, 2.45) is 0 Å². The van der Waals surface area contributed by atoms with Gasteiger partial charge in [-0.2, -0.15) is 0 Å². The summed E-state index contributed by atoms with van der Waals surface area (Å²) in [5, 5.41) is 3.56. The first-order valence-corrected chi connectivity index (χ1v) is 10.2. The molecule has 0 saturated heterocycles. The predicted molar refractivity (Wildman–Crippen MR) is 121 cm³/mol. The number of halogens is 1. The number of hydrogen-bond donors (Lipinski definition) is 1. The zero-order chi connectivity index (χ0) is 22.5. The third-order valence-corrected chi connectivity index (χ3v) is 5.37. The number of nitrogens with one attached hydrogen (secondary N) is 1. The summed E-state index contributed by atoms with van der Waals surface area (Å²) in [4.78, 5) is 14.7. The summed E-state index contributed by atoms with van der Waals surface area (Å²) in [6.07, 6.45) is 0. The monoisotopic (exact) mass is 444 g/mol. The number of anilines is 1. The Morgan fingerprint density at radius 2 is 1.94 bits per heavy atom. The number of allylic oxidation sites excluding steroid dienone is 1. The number of benzene rings is 2. The van der Waals surface area contributed by atoms with Crippen molar-refractivity contribution >= 4 is 29.0 Å².